The van der Waals surface area contributed by atoms with E-state index < -0.39 is 11.6 Å². The molecule has 0 spiro atoms. The molecule has 16 heavy (non-hydrogen) atoms. The molecule has 1 aromatic carbocycles. The number of anilines is 1. The maximum Gasteiger partial charge on any atom is 0.167 e. The minimum Gasteiger partial charge on any atom is -0.494 e. The maximum absolute atomic E-state index is 13.4. The molecule has 0 aliphatic heterocycles. The molecule has 0 heterocycles. The van der Waals surface area contributed by atoms with Gasteiger partial charge in [-0.3, -0.25) is 0 Å². The van der Waals surface area contributed by atoms with Gasteiger partial charge in [-0.05, 0) is 20.0 Å². The molecule has 3 nitrogen and oxygen atoms in total. The number of nitrogens with one attached hydrogen (secondary N) is 2. The van der Waals surface area contributed by atoms with Crippen molar-refractivity contribution in [3.8, 4) is 5.75 Å². The van der Waals surface area contributed by atoms with Crippen molar-refractivity contribution >= 4 is 5.69 Å². The second kappa shape index (κ2) is 6.27. The Labute approximate surface area is 93.8 Å². The Hall–Kier alpha value is -1.36. The minimum absolute atomic E-state index is 0.0849. The first-order valence-corrected chi connectivity index (χ1v) is 5.10. The van der Waals surface area contributed by atoms with Gasteiger partial charge in [0, 0.05) is 18.7 Å². The fraction of sp³-hybridized carbons (Fsp3) is 0.455. The SMILES string of the molecule is CNCCCNc1cc(F)c(OC)cc1F. The lowest BCUT2D eigenvalue weighted by Crippen LogP contribution is -2.13. The van der Waals surface area contributed by atoms with E-state index in [0.717, 1.165) is 25.1 Å². The average Bonchev–Trinajstić information content (AvgIpc) is 2.28. The van der Waals surface area contributed by atoms with Gasteiger partial charge in [0.15, 0.2) is 11.6 Å². The number of benzene rings is 1. The molecule has 0 fully saturated rings. The Balaban J connectivity index is 2.63. The van der Waals surface area contributed by atoms with E-state index in [4.69, 9.17) is 0 Å². The molecule has 0 unspecified atom stereocenters. The third kappa shape index (κ3) is 3.34. The number of hydrogen-bond donors (Lipinski definition) is 2. The summed E-state index contributed by atoms with van der Waals surface area (Å²) in [4.78, 5) is 0. The van der Waals surface area contributed by atoms with Crippen LogP contribution in [0.5, 0.6) is 5.75 Å². The van der Waals surface area contributed by atoms with Gasteiger partial charge in [-0.1, -0.05) is 0 Å². The molecule has 0 saturated heterocycles. The highest BCUT2D eigenvalue weighted by Crippen LogP contribution is 2.24. The van der Waals surface area contributed by atoms with Gasteiger partial charge in [-0.25, -0.2) is 8.78 Å². The van der Waals surface area contributed by atoms with Crippen molar-refractivity contribution in [2.24, 2.45) is 0 Å². The van der Waals surface area contributed by atoms with Crippen molar-refractivity contribution in [2.45, 2.75) is 6.42 Å². The van der Waals surface area contributed by atoms with Crippen LogP contribution in [0, 0.1) is 11.6 Å². The third-order valence-electron chi connectivity index (χ3n) is 2.16. The highest BCUT2D eigenvalue weighted by atomic mass is 19.1. The number of rotatable bonds is 6. The molecule has 0 aromatic heterocycles. The standard InChI is InChI=1S/C11H16F2N2O/c1-14-4-3-5-15-10-6-9(13)11(16-2)7-8(10)12/h6-7,14-15H,3-5H2,1-2H3. The van der Waals surface area contributed by atoms with Crippen LogP contribution in [0.4, 0.5) is 14.5 Å². The van der Waals surface area contributed by atoms with E-state index in [0.29, 0.717) is 6.54 Å². The highest BCUT2D eigenvalue weighted by Gasteiger charge is 2.09. The van der Waals surface area contributed by atoms with Crippen LogP contribution in [0.25, 0.3) is 0 Å². The molecule has 1 rings (SSSR count). The Morgan fingerprint density at radius 1 is 1.19 bits per heavy atom. The predicted octanol–water partition coefficient (Wildman–Crippen LogP) is 1.99. The number of methoxy groups -OCH3 is 1. The lowest BCUT2D eigenvalue weighted by atomic mass is 10.2. The van der Waals surface area contributed by atoms with Crippen LogP contribution in [0.1, 0.15) is 6.42 Å². The molecule has 2 N–H and O–H groups in total. The molecule has 0 aliphatic rings. The fourth-order valence-corrected chi connectivity index (χ4v) is 1.31. The van der Waals surface area contributed by atoms with Gasteiger partial charge in [-0.15, -0.1) is 0 Å². The molecule has 0 radical (unpaired) electrons. The van der Waals surface area contributed by atoms with Gasteiger partial charge < -0.3 is 15.4 Å². The summed E-state index contributed by atoms with van der Waals surface area (Å²) in [5, 5.41) is 5.80. The summed E-state index contributed by atoms with van der Waals surface area (Å²) >= 11 is 0. The summed E-state index contributed by atoms with van der Waals surface area (Å²) in [7, 11) is 3.14. The monoisotopic (exact) mass is 230 g/mol. The van der Waals surface area contributed by atoms with Crippen molar-refractivity contribution in [2.75, 3.05) is 32.6 Å². The van der Waals surface area contributed by atoms with E-state index in [1.165, 1.54) is 7.11 Å². The van der Waals surface area contributed by atoms with E-state index in [9.17, 15) is 8.78 Å². The molecular weight excluding hydrogens is 214 g/mol. The van der Waals surface area contributed by atoms with E-state index >= 15 is 0 Å². The van der Waals surface area contributed by atoms with Gasteiger partial charge in [0.05, 0.1) is 12.8 Å². The van der Waals surface area contributed by atoms with Gasteiger partial charge in [0.2, 0.25) is 0 Å². The molecule has 0 atom stereocenters. The lowest BCUT2D eigenvalue weighted by molar-refractivity contribution is 0.383. The maximum atomic E-state index is 13.4. The third-order valence-corrected chi connectivity index (χ3v) is 2.16. The molecule has 0 bridgehead atoms. The summed E-state index contributed by atoms with van der Waals surface area (Å²) in [5.41, 5.74) is 0.161. The summed E-state index contributed by atoms with van der Waals surface area (Å²) in [6.07, 6.45) is 0.837. The minimum atomic E-state index is -0.569. The molecular formula is C11H16F2N2O. The van der Waals surface area contributed by atoms with Crippen molar-refractivity contribution in [3.63, 3.8) is 0 Å². The van der Waals surface area contributed by atoms with Crippen LogP contribution in [-0.4, -0.2) is 27.2 Å². The van der Waals surface area contributed by atoms with Crippen molar-refractivity contribution in [1.29, 1.82) is 0 Å². The molecule has 0 amide bonds. The van der Waals surface area contributed by atoms with Crippen LogP contribution >= 0.6 is 0 Å². The summed E-state index contributed by atoms with van der Waals surface area (Å²) in [6.45, 7) is 1.41. The van der Waals surface area contributed by atoms with E-state index in [2.05, 4.69) is 15.4 Å². The largest absolute Gasteiger partial charge is 0.494 e. The van der Waals surface area contributed by atoms with Crippen molar-refractivity contribution in [3.05, 3.63) is 23.8 Å². The zero-order valence-corrected chi connectivity index (χ0v) is 9.44. The first kappa shape index (κ1) is 12.7. The number of ether oxygens (including phenoxy) is 1. The van der Waals surface area contributed by atoms with E-state index in [1.54, 1.807) is 0 Å². The Morgan fingerprint density at radius 3 is 2.56 bits per heavy atom. The van der Waals surface area contributed by atoms with Gasteiger partial charge in [0.25, 0.3) is 0 Å². The smallest absolute Gasteiger partial charge is 0.167 e. The molecule has 90 valence electrons. The van der Waals surface area contributed by atoms with Gasteiger partial charge in [0.1, 0.15) is 5.82 Å². The van der Waals surface area contributed by atoms with Crippen LogP contribution in [0.3, 0.4) is 0 Å². The van der Waals surface area contributed by atoms with Crippen LogP contribution in [-0.2, 0) is 0 Å². The molecule has 0 aliphatic carbocycles. The van der Waals surface area contributed by atoms with E-state index in [-0.39, 0.29) is 11.4 Å². The highest BCUT2D eigenvalue weighted by molar-refractivity contribution is 5.48. The van der Waals surface area contributed by atoms with E-state index in [1.807, 2.05) is 7.05 Å². The summed E-state index contributed by atoms with van der Waals surface area (Å²) in [6, 6.07) is 2.14. The lowest BCUT2D eigenvalue weighted by Gasteiger charge is -2.09. The zero-order chi connectivity index (χ0) is 12.0. The van der Waals surface area contributed by atoms with Gasteiger partial charge >= 0.3 is 0 Å². The zero-order valence-electron chi connectivity index (χ0n) is 9.44. The first-order chi connectivity index (χ1) is 7.69. The van der Waals surface area contributed by atoms with Crippen molar-refractivity contribution < 1.29 is 13.5 Å². The Bertz CT molecular complexity index is 345. The Morgan fingerprint density at radius 2 is 1.94 bits per heavy atom. The average molecular weight is 230 g/mol. The summed E-state index contributed by atoms with van der Waals surface area (Å²) < 4.78 is 31.3. The van der Waals surface area contributed by atoms with Crippen LogP contribution in [0.15, 0.2) is 12.1 Å². The summed E-state index contributed by atoms with van der Waals surface area (Å²) in [5.74, 6) is -1.17. The van der Waals surface area contributed by atoms with Crippen LogP contribution in [0.2, 0.25) is 0 Å². The van der Waals surface area contributed by atoms with Gasteiger partial charge in [-0.2, -0.15) is 0 Å². The molecule has 1 aromatic rings. The second-order valence-corrected chi connectivity index (χ2v) is 3.35. The van der Waals surface area contributed by atoms with Crippen molar-refractivity contribution in [1.82, 2.24) is 5.32 Å². The molecule has 0 saturated carbocycles. The topological polar surface area (TPSA) is 33.3 Å². The quantitative estimate of drug-likeness (QED) is 0.733. The number of hydrogen-bond acceptors (Lipinski definition) is 3. The fourth-order valence-electron chi connectivity index (χ4n) is 1.31. The van der Waals surface area contributed by atoms with Crippen LogP contribution < -0.4 is 15.4 Å². The normalized spacial score (nSPS) is 10.2. The molecule has 5 heteroatoms. The number of halogens is 2. The second-order valence-electron chi connectivity index (χ2n) is 3.35. The Kier molecular flexibility index (Phi) is 4.98. The first-order valence-electron chi connectivity index (χ1n) is 5.10. The predicted molar refractivity (Wildman–Crippen MR) is 59.9 cm³/mol.